The van der Waals surface area contributed by atoms with E-state index in [1.54, 1.807) is 11.3 Å². The average molecular weight is 196 g/mol. The van der Waals surface area contributed by atoms with Crippen LogP contribution in [-0.4, -0.2) is 11.2 Å². The van der Waals surface area contributed by atoms with Crippen LogP contribution in [0.4, 0.5) is 0 Å². The highest BCUT2D eigenvalue weighted by molar-refractivity contribution is 7.10. The van der Waals surface area contributed by atoms with Crippen LogP contribution in [0.5, 0.6) is 0 Å². The Labute approximate surface area is 83.4 Å². The van der Waals surface area contributed by atoms with Gasteiger partial charge in [-0.2, -0.15) is 0 Å². The molecule has 0 bridgehead atoms. The lowest BCUT2D eigenvalue weighted by atomic mass is 9.83. The molecule has 13 heavy (non-hydrogen) atoms. The first-order valence-corrected chi connectivity index (χ1v) is 5.88. The highest BCUT2D eigenvalue weighted by Crippen LogP contribution is 2.34. The number of hydrogen-bond acceptors (Lipinski definition) is 2. The summed E-state index contributed by atoms with van der Waals surface area (Å²) in [5, 5.41) is 12.0. The van der Waals surface area contributed by atoms with Gasteiger partial charge >= 0.3 is 0 Å². The van der Waals surface area contributed by atoms with Crippen molar-refractivity contribution in [2.45, 2.75) is 44.6 Å². The van der Waals surface area contributed by atoms with E-state index < -0.39 is 0 Å². The highest BCUT2D eigenvalue weighted by Gasteiger charge is 2.24. The van der Waals surface area contributed by atoms with Crippen molar-refractivity contribution < 1.29 is 5.11 Å². The maximum Gasteiger partial charge on any atom is 0.0609 e. The minimum absolute atomic E-state index is 0.0947. The summed E-state index contributed by atoms with van der Waals surface area (Å²) in [6, 6.07) is 2.23. The number of hydrogen-bond donors (Lipinski definition) is 1. The van der Waals surface area contributed by atoms with Gasteiger partial charge in [0.1, 0.15) is 0 Å². The molecule has 0 spiro atoms. The SMILES string of the molecule is Cc1cc(C2CCCCC2O)cs1. The van der Waals surface area contributed by atoms with Crippen LogP contribution in [0.25, 0.3) is 0 Å². The Kier molecular flexibility index (Phi) is 2.70. The molecule has 2 unspecified atom stereocenters. The molecule has 2 atom stereocenters. The molecule has 0 saturated heterocycles. The number of aliphatic hydroxyl groups is 1. The predicted molar refractivity (Wildman–Crippen MR) is 56.3 cm³/mol. The lowest BCUT2D eigenvalue weighted by Crippen LogP contribution is -2.21. The molecular weight excluding hydrogens is 180 g/mol. The van der Waals surface area contributed by atoms with Gasteiger partial charge in [0, 0.05) is 10.8 Å². The smallest absolute Gasteiger partial charge is 0.0609 e. The maximum atomic E-state index is 9.84. The number of aryl methyl sites for hydroxylation is 1. The van der Waals surface area contributed by atoms with Crippen molar-refractivity contribution >= 4 is 11.3 Å². The van der Waals surface area contributed by atoms with Crippen LogP contribution in [0.2, 0.25) is 0 Å². The van der Waals surface area contributed by atoms with Crippen molar-refractivity contribution in [3.05, 3.63) is 21.9 Å². The Bertz CT molecular complexity index is 279. The number of aliphatic hydroxyl groups excluding tert-OH is 1. The zero-order valence-electron chi connectivity index (χ0n) is 7.99. The van der Waals surface area contributed by atoms with Crippen LogP contribution in [-0.2, 0) is 0 Å². The normalized spacial score (nSPS) is 29.1. The van der Waals surface area contributed by atoms with E-state index in [1.165, 1.54) is 23.3 Å². The molecule has 0 radical (unpaired) electrons. The summed E-state index contributed by atoms with van der Waals surface area (Å²) in [5.74, 6) is 0.415. The molecule has 72 valence electrons. The molecule has 0 aliphatic heterocycles. The van der Waals surface area contributed by atoms with Gasteiger partial charge < -0.3 is 5.11 Å². The standard InChI is InChI=1S/C11H16OS/c1-8-6-9(7-13-8)10-4-2-3-5-11(10)12/h6-7,10-12H,2-5H2,1H3. The molecule has 2 rings (SSSR count). The summed E-state index contributed by atoms with van der Waals surface area (Å²) >= 11 is 1.79. The van der Waals surface area contributed by atoms with Crippen LogP contribution >= 0.6 is 11.3 Å². The van der Waals surface area contributed by atoms with E-state index >= 15 is 0 Å². The summed E-state index contributed by atoms with van der Waals surface area (Å²) in [7, 11) is 0. The van der Waals surface area contributed by atoms with Crippen molar-refractivity contribution in [1.29, 1.82) is 0 Å². The van der Waals surface area contributed by atoms with Crippen LogP contribution in [0.15, 0.2) is 11.4 Å². The lowest BCUT2D eigenvalue weighted by molar-refractivity contribution is 0.106. The van der Waals surface area contributed by atoms with Crippen molar-refractivity contribution in [1.82, 2.24) is 0 Å². The first-order chi connectivity index (χ1) is 6.27. The molecule has 1 aromatic heterocycles. The largest absolute Gasteiger partial charge is 0.392 e. The number of thiophene rings is 1. The molecule has 1 heterocycles. The van der Waals surface area contributed by atoms with Gasteiger partial charge in [-0.05, 0) is 36.8 Å². The van der Waals surface area contributed by atoms with E-state index in [1.807, 2.05) is 0 Å². The van der Waals surface area contributed by atoms with Crippen molar-refractivity contribution in [2.75, 3.05) is 0 Å². The van der Waals surface area contributed by atoms with E-state index in [0.717, 1.165) is 12.8 Å². The Hall–Kier alpha value is -0.340. The first kappa shape index (κ1) is 9.22. The molecule has 1 aliphatic rings. The van der Waals surface area contributed by atoms with E-state index in [4.69, 9.17) is 0 Å². The molecule has 1 aliphatic carbocycles. The predicted octanol–water partition coefficient (Wildman–Crippen LogP) is 3.08. The van der Waals surface area contributed by atoms with Gasteiger partial charge in [-0.25, -0.2) is 0 Å². The topological polar surface area (TPSA) is 20.2 Å². The van der Waals surface area contributed by atoms with Gasteiger partial charge in [0.25, 0.3) is 0 Å². The monoisotopic (exact) mass is 196 g/mol. The second-order valence-electron chi connectivity index (χ2n) is 3.95. The Morgan fingerprint density at radius 1 is 1.38 bits per heavy atom. The molecular formula is C11H16OS. The van der Waals surface area contributed by atoms with Crippen LogP contribution in [0, 0.1) is 6.92 Å². The van der Waals surface area contributed by atoms with E-state index in [0.29, 0.717) is 5.92 Å². The summed E-state index contributed by atoms with van der Waals surface area (Å²) in [6.45, 7) is 2.13. The molecule has 1 fully saturated rings. The van der Waals surface area contributed by atoms with E-state index in [-0.39, 0.29) is 6.10 Å². The van der Waals surface area contributed by atoms with Gasteiger partial charge in [-0.15, -0.1) is 11.3 Å². The molecule has 2 heteroatoms. The van der Waals surface area contributed by atoms with Gasteiger partial charge in [-0.1, -0.05) is 12.8 Å². The van der Waals surface area contributed by atoms with Crippen molar-refractivity contribution in [3.8, 4) is 0 Å². The summed E-state index contributed by atoms with van der Waals surface area (Å²) in [6.07, 6.45) is 4.52. The lowest BCUT2D eigenvalue weighted by Gasteiger charge is -2.26. The third kappa shape index (κ3) is 1.94. The minimum Gasteiger partial charge on any atom is -0.392 e. The quantitative estimate of drug-likeness (QED) is 0.732. The maximum absolute atomic E-state index is 9.84. The second kappa shape index (κ2) is 3.81. The van der Waals surface area contributed by atoms with Crippen LogP contribution in [0.1, 0.15) is 42.0 Å². The van der Waals surface area contributed by atoms with Crippen molar-refractivity contribution in [3.63, 3.8) is 0 Å². The van der Waals surface area contributed by atoms with E-state index in [9.17, 15) is 5.11 Å². The summed E-state index contributed by atoms with van der Waals surface area (Å²) in [5.41, 5.74) is 1.36. The van der Waals surface area contributed by atoms with Gasteiger partial charge in [-0.3, -0.25) is 0 Å². The Balaban J connectivity index is 2.14. The molecule has 0 aromatic carbocycles. The Morgan fingerprint density at radius 2 is 2.15 bits per heavy atom. The average Bonchev–Trinajstić information content (AvgIpc) is 2.53. The van der Waals surface area contributed by atoms with Gasteiger partial charge in [0.15, 0.2) is 0 Å². The molecule has 0 amide bonds. The zero-order valence-corrected chi connectivity index (χ0v) is 8.81. The molecule has 1 saturated carbocycles. The fourth-order valence-corrected chi connectivity index (χ4v) is 2.93. The summed E-state index contributed by atoms with van der Waals surface area (Å²) in [4.78, 5) is 1.35. The fraction of sp³-hybridized carbons (Fsp3) is 0.636. The zero-order chi connectivity index (χ0) is 9.26. The molecule has 1 aromatic rings. The van der Waals surface area contributed by atoms with Crippen LogP contribution in [0.3, 0.4) is 0 Å². The fourth-order valence-electron chi connectivity index (χ4n) is 2.16. The van der Waals surface area contributed by atoms with E-state index in [2.05, 4.69) is 18.4 Å². The molecule has 1 nitrogen and oxygen atoms in total. The first-order valence-electron chi connectivity index (χ1n) is 5.00. The third-order valence-corrected chi connectivity index (χ3v) is 3.79. The molecule has 1 N–H and O–H groups in total. The third-order valence-electron chi connectivity index (χ3n) is 2.91. The Morgan fingerprint density at radius 3 is 2.77 bits per heavy atom. The minimum atomic E-state index is -0.0947. The van der Waals surface area contributed by atoms with Gasteiger partial charge in [0.05, 0.1) is 6.10 Å². The number of rotatable bonds is 1. The van der Waals surface area contributed by atoms with Crippen molar-refractivity contribution in [2.24, 2.45) is 0 Å². The highest BCUT2D eigenvalue weighted by atomic mass is 32.1. The van der Waals surface area contributed by atoms with Gasteiger partial charge in [0.2, 0.25) is 0 Å². The second-order valence-corrected chi connectivity index (χ2v) is 5.06. The summed E-state index contributed by atoms with van der Waals surface area (Å²) < 4.78 is 0. The van der Waals surface area contributed by atoms with Crippen LogP contribution < -0.4 is 0 Å².